The van der Waals surface area contributed by atoms with E-state index in [0.29, 0.717) is 0 Å². The Balaban J connectivity index is 2.00. The first-order valence-corrected chi connectivity index (χ1v) is 12.4. The highest BCUT2D eigenvalue weighted by atomic mass is 35.5. The van der Waals surface area contributed by atoms with E-state index in [0.717, 1.165) is 18.5 Å². The van der Waals surface area contributed by atoms with Gasteiger partial charge in [0.15, 0.2) is 0 Å². The molecule has 0 atom stereocenters. The number of methoxy groups -OCH3 is 2. The fraction of sp³-hybridized carbons (Fsp3) is 0.125. The molecule has 0 saturated heterocycles. The number of nitrogens with zero attached hydrogens (tertiary/aromatic N) is 1. The third kappa shape index (κ3) is 6.14. The average Bonchev–Trinajstić information content (AvgIpc) is 2.86. The zero-order valence-electron chi connectivity index (χ0n) is 19.0. The molecule has 0 fully saturated rings. The normalized spacial score (nSPS) is 10.9. The Morgan fingerprint density at radius 3 is 1.97 bits per heavy atom. The highest BCUT2D eigenvalue weighted by Gasteiger charge is 2.29. The molecule has 0 radical (unpaired) electrons. The van der Waals surface area contributed by atoms with Gasteiger partial charge in [0.05, 0.1) is 41.0 Å². The molecule has 3 aromatic rings. The second-order valence-electron chi connectivity index (χ2n) is 7.25. The van der Waals surface area contributed by atoms with Gasteiger partial charge in [0.25, 0.3) is 10.0 Å². The van der Waals surface area contributed by atoms with E-state index in [1.54, 1.807) is 18.2 Å². The van der Waals surface area contributed by atoms with E-state index >= 15 is 0 Å². The third-order valence-electron chi connectivity index (χ3n) is 4.86. The maximum atomic E-state index is 13.5. The van der Waals surface area contributed by atoms with Crippen LogP contribution < -0.4 is 9.62 Å². The molecular formula is C24H20Cl2N2O7S. The molecule has 9 nitrogen and oxygen atoms in total. The molecule has 0 aliphatic heterocycles. The van der Waals surface area contributed by atoms with Crippen molar-refractivity contribution in [2.75, 3.05) is 30.4 Å². The minimum atomic E-state index is -4.23. The molecule has 0 spiro atoms. The highest BCUT2D eigenvalue weighted by Crippen LogP contribution is 2.32. The van der Waals surface area contributed by atoms with Gasteiger partial charge in [-0.15, -0.1) is 0 Å². The monoisotopic (exact) mass is 550 g/mol. The summed E-state index contributed by atoms with van der Waals surface area (Å²) in [6.45, 7) is -0.686. The summed E-state index contributed by atoms with van der Waals surface area (Å²) in [7, 11) is -1.91. The molecule has 0 bridgehead atoms. The first kappa shape index (κ1) is 27.0. The van der Waals surface area contributed by atoms with Gasteiger partial charge in [-0.3, -0.25) is 9.10 Å². The molecule has 0 aliphatic rings. The van der Waals surface area contributed by atoms with E-state index in [2.05, 4.69) is 14.8 Å². The molecule has 1 N–H and O–H groups in total. The number of carbonyl (C=O) groups is 3. The molecule has 3 rings (SSSR count). The number of benzene rings is 3. The highest BCUT2D eigenvalue weighted by molar-refractivity contribution is 7.92. The summed E-state index contributed by atoms with van der Waals surface area (Å²) in [6, 6.07) is 15.5. The minimum absolute atomic E-state index is 0.00970. The van der Waals surface area contributed by atoms with E-state index in [1.165, 1.54) is 48.5 Å². The Morgan fingerprint density at radius 2 is 1.44 bits per heavy atom. The molecule has 0 unspecified atom stereocenters. The lowest BCUT2D eigenvalue weighted by atomic mass is 10.1. The number of carbonyl (C=O) groups excluding carboxylic acids is 3. The molecule has 0 saturated carbocycles. The zero-order chi connectivity index (χ0) is 26.5. The van der Waals surface area contributed by atoms with E-state index in [9.17, 15) is 22.8 Å². The SMILES string of the molecule is COC(=O)c1cc(NC(=O)CN(c2ccc(Cl)cc2Cl)S(=O)(=O)c2ccccc2)cc(C(=O)OC)c1. The van der Waals surface area contributed by atoms with Crippen LogP contribution in [0.2, 0.25) is 10.0 Å². The number of nitrogens with one attached hydrogen (secondary N) is 1. The van der Waals surface area contributed by atoms with Crippen LogP contribution in [0.25, 0.3) is 0 Å². The van der Waals surface area contributed by atoms with Gasteiger partial charge in [-0.25, -0.2) is 18.0 Å². The number of sulfonamides is 1. The Morgan fingerprint density at radius 1 is 0.861 bits per heavy atom. The van der Waals surface area contributed by atoms with Gasteiger partial charge >= 0.3 is 11.9 Å². The van der Waals surface area contributed by atoms with Gasteiger partial charge in [-0.1, -0.05) is 41.4 Å². The van der Waals surface area contributed by atoms with Crippen molar-refractivity contribution in [2.45, 2.75) is 4.90 Å². The average molecular weight is 551 g/mol. The lowest BCUT2D eigenvalue weighted by Crippen LogP contribution is -2.38. The quantitative estimate of drug-likeness (QED) is 0.412. The molecule has 0 heterocycles. The van der Waals surface area contributed by atoms with Crippen molar-refractivity contribution in [1.82, 2.24) is 0 Å². The van der Waals surface area contributed by atoms with Gasteiger partial charge < -0.3 is 14.8 Å². The van der Waals surface area contributed by atoms with Crippen LogP contribution in [0.1, 0.15) is 20.7 Å². The molecular weight excluding hydrogens is 531 g/mol. The third-order valence-corrected chi connectivity index (χ3v) is 7.17. The molecule has 0 aromatic heterocycles. The number of rotatable bonds is 8. The number of ether oxygens (including phenoxy) is 2. The molecule has 12 heteroatoms. The van der Waals surface area contributed by atoms with Crippen LogP contribution >= 0.6 is 23.2 Å². The first-order chi connectivity index (χ1) is 17.1. The van der Waals surface area contributed by atoms with Crippen LogP contribution in [0.3, 0.4) is 0 Å². The van der Waals surface area contributed by atoms with E-state index in [1.807, 2.05) is 0 Å². The molecule has 1 amide bonds. The van der Waals surface area contributed by atoms with Crippen LogP contribution in [-0.2, 0) is 24.3 Å². The second-order valence-corrected chi connectivity index (χ2v) is 9.96. The van der Waals surface area contributed by atoms with Crippen molar-refractivity contribution in [3.8, 4) is 0 Å². The van der Waals surface area contributed by atoms with Crippen LogP contribution in [0, 0.1) is 0 Å². The van der Waals surface area contributed by atoms with Crippen LogP contribution in [0.15, 0.2) is 71.6 Å². The van der Waals surface area contributed by atoms with E-state index < -0.39 is 34.4 Å². The van der Waals surface area contributed by atoms with Gasteiger partial charge in [0.1, 0.15) is 6.54 Å². The van der Waals surface area contributed by atoms with Crippen molar-refractivity contribution in [1.29, 1.82) is 0 Å². The molecule has 0 aliphatic carbocycles. The standard InChI is InChI=1S/C24H20Cl2N2O7S/c1-34-23(30)15-10-16(24(31)35-2)12-18(11-15)27-22(29)14-28(21-9-8-17(25)13-20(21)26)36(32,33)19-6-4-3-5-7-19/h3-13H,14H2,1-2H3,(H,27,29). The van der Waals surface area contributed by atoms with Crippen LogP contribution in [-0.4, -0.2) is 47.0 Å². The van der Waals surface area contributed by atoms with Crippen LogP contribution in [0.4, 0.5) is 11.4 Å². The Hall–Kier alpha value is -3.60. The summed E-state index contributed by atoms with van der Waals surface area (Å²) < 4.78 is 37.1. The maximum absolute atomic E-state index is 13.5. The Bertz CT molecular complexity index is 1380. The molecule has 3 aromatic carbocycles. The fourth-order valence-corrected chi connectivity index (χ4v) is 5.23. The Labute approximate surface area is 217 Å². The van der Waals surface area contributed by atoms with Crippen molar-refractivity contribution in [3.05, 3.63) is 87.9 Å². The summed E-state index contributed by atoms with van der Waals surface area (Å²) in [5.41, 5.74) is 0.0246. The Kier molecular flexibility index (Phi) is 8.57. The summed E-state index contributed by atoms with van der Waals surface area (Å²) >= 11 is 12.2. The summed E-state index contributed by atoms with van der Waals surface area (Å²) in [5, 5.41) is 2.79. The lowest BCUT2D eigenvalue weighted by molar-refractivity contribution is -0.114. The van der Waals surface area contributed by atoms with Gasteiger partial charge in [0.2, 0.25) is 5.91 Å². The van der Waals surface area contributed by atoms with Crippen molar-refractivity contribution >= 4 is 62.4 Å². The minimum Gasteiger partial charge on any atom is -0.465 e. The first-order valence-electron chi connectivity index (χ1n) is 10.2. The van der Waals surface area contributed by atoms with Crippen molar-refractivity contribution < 1.29 is 32.3 Å². The van der Waals surface area contributed by atoms with Gasteiger partial charge in [-0.05, 0) is 48.5 Å². The number of esters is 2. The van der Waals surface area contributed by atoms with Gasteiger partial charge in [0, 0.05) is 10.7 Å². The predicted octanol–water partition coefficient (Wildman–Crippen LogP) is 4.40. The number of amides is 1. The maximum Gasteiger partial charge on any atom is 0.337 e. The summed E-state index contributed by atoms with van der Waals surface area (Å²) in [5.74, 6) is -2.28. The number of hydrogen-bond acceptors (Lipinski definition) is 7. The van der Waals surface area contributed by atoms with Crippen LogP contribution in [0.5, 0.6) is 0 Å². The number of hydrogen-bond donors (Lipinski definition) is 1. The number of halogens is 2. The van der Waals surface area contributed by atoms with Crippen molar-refractivity contribution in [3.63, 3.8) is 0 Å². The zero-order valence-corrected chi connectivity index (χ0v) is 21.4. The smallest absolute Gasteiger partial charge is 0.337 e. The largest absolute Gasteiger partial charge is 0.465 e. The topological polar surface area (TPSA) is 119 Å². The van der Waals surface area contributed by atoms with Gasteiger partial charge in [-0.2, -0.15) is 0 Å². The van der Waals surface area contributed by atoms with Crippen molar-refractivity contribution in [2.24, 2.45) is 0 Å². The molecule has 36 heavy (non-hydrogen) atoms. The van der Waals surface area contributed by atoms with E-state index in [4.69, 9.17) is 23.2 Å². The van der Waals surface area contributed by atoms with E-state index in [-0.39, 0.29) is 37.4 Å². The summed E-state index contributed by atoms with van der Waals surface area (Å²) in [4.78, 5) is 37.0. The lowest BCUT2D eigenvalue weighted by Gasteiger charge is -2.25. The number of anilines is 2. The molecule has 188 valence electrons. The fourth-order valence-electron chi connectivity index (χ4n) is 3.20. The summed E-state index contributed by atoms with van der Waals surface area (Å²) in [6.07, 6.45) is 0. The second kappa shape index (κ2) is 11.4. The predicted molar refractivity (Wildman–Crippen MR) is 135 cm³/mol.